The Balaban J connectivity index is 1.84. The van der Waals surface area contributed by atoms with Crippen molar-refractivity contribution in [2.75, 3.05) is 0 Å². The van der Waals surface area contributed by atoms with Crippen molar-refractivity contribution in [3.8, 4) is 22.6 Å². The van der Waals surface area contributed by atoms with Gasteiger partial charge in [0.25, 0.3) is 0 Å². The first-order valence-corrected chi connectivity index (χ1v) is 10.1. The molecule has 0 atom stereocenters. The molecule has 0 saturated heterocycles. The fourth-order valence-corrected chi connectivity index (χ4v) is 4.58. The third-order valence-corrected chi connectivity index (χ3v) is 5.63. The standard InChI is InChI=1S/C27H26O3/c1-15-11-17(3)23(18(4)12-15)26-21(7-9-29-26)25(28)22-8-10-30-27(22)24-19(5)13-16(2)14-20(24)6/h7-14H,1-6H3. The van der Waals surface area contributed by atoms with Crippen LogP contribution in [0.25, 0.3) is 22.6 Å². The number of ketones is 1. The van der Waals surface area contributed by atoms with Crippen LogP contribution < -0.4 is 0 Å². The zero-order valence-electron chi connectivity index (χ0n) is 18.3. The minimum absolute atomic E-state index is 0.0961. The summed E-state index contributed by atoms with van der Waals surface area (Å²) in [5.74, 6) is 1.13. The average molecular weight is 399 g/mol. The third kappa shape index (κ3) is 3.30. The number of carbonyl (C=O) groups excluding carboxylic acids is 1. The Hall–Kier alpha value is -3.33. The van der Waals surface area contributed by atoms with Gasteiger partial charge in [0.05, 0.1) is 23.7 Å². The van der Waals surface area contributed by atoms with E-state index in [0.717, 1.165) is 33.4 Å². The number of hydrogen-bond acceptors (Lipinski definition) is 3. The van der Waals surface area contributed by atoms with Crippen LogP contribution in [0.2, 0.25) is 0 Å². The molecule has 0 saturated carbocycles. The van der Waals surface area contributed by atoms with E-state index in [4.69, 9.17) is 8.83 Å². The molecule has 0 aliphatic heterocycles. The van der Waals surface area contributed by atoms with Crippen molar-refractivity contribution < 1.29 is 13.6 Å². The summed E-state index contributed by atoms with van der Waals surface area (Å²) in [5, 5.41) is 0. The Bertz CT molecular complexity index is 1120. The van der Waals surface area contributed by atoms with E-state index in [1.807, 2.05) is 0 Å². The number of aryl methyl sites for hydroxylation is 6. The van der Waals surface area contributed by atoms with E-state index in [1.165, 1.54) is 11.1 Å². The minimum Gasteiger partial charge on any atom is -0.464 e. The molecule has 0 aliphatic rings. The zero-order chi connectivity index (χ0) is 21.6. The predicted molar refractivity (Wildman–Crippen MR) is 120 cm³/mol. The Morgan fingerprint density at radius 2 is 0.933 bits per heavy atom. The van der Waals surface area contributed by atoms with Crippen LogP contribution in [0.3, 0.4) is 0 Å². The molecule has 4 aromatic rings. The second-order valence-corrected chi connectivity index (χ2v) is 8.20. The molecule has 3 nitrogen and oxygen atoms in total. The molecule has 3 heteroatoms. The summed E-state index contributed by atoms with van der Waals surface area (Å²) in [6, 6.07) is 12.0. The molecule has 2 aromatic carbocycles. The highest BCUT2D eigenvalue weighted by atomic mass is 16.3. The van der Waals surface area contributed by atoms with E-state index in [-0.39, 0.29) is 5.78 Å². The number of hydrogen-bond donors (Lipinski definition) is 0. The molecule has 152 valence electrons. The summed E-state index contributed by atoms with van der Waals surface area (Å²) in [6.45, 7) is 12.3. The summed E-state index contributed by atoms with van der Waals surface area (Å²) in [4.78, 5) is 13.6. The van der Waals surface area contributed by atoms with Gasteiger partial charge in [0, 0.05) is 11.1 Å². The first kappa shape index (κ1) is 20.0. The molecule has 0 radical (unpaired) electrons. The topological polar surface area (TPSA) is 43.4 Å². The lowest BCUT2D eigenvalue weighted by molar-refractivity contribution is 0.103. The van der Waals surface area contributed by atoms with Crippen molar-refractivity contribution in [3.63, 3.8) is 0 Å². The molecule has 0 fully saturated rings. The molecule has 0 unspecified atom stereocenters. The molecule has 0 spiro atoms. The van der Waals surface area contributed by atoms with Gasteiger partial charge in [-0.1, -0.05) is 35.4 Å². The molecule has 30 heavy (non-hydrogen) atoms. The highest BCUT2D eigenvalue weighted by molar-refractivity contribution is 6.15. The van der Waals surface area contributed by atoms with Gasteiger partial charge in [0.15, 0.2) is 0 Å². The lowest BCUT2D eigenvalue weighted by atomic mass is 9.91. The normalized spacial score (nSPS) is 11.1. The molecule has 2 aromatic heterocycles. The van der Waals surface area contributed by atoms with E-state index >= 15 is 0 Å². The van der Waals surface area contributed by atoms with E-state index in [9.17, 15) is 4.79 Å². The van der Waals surface area contributed by atoms with Gasteiger partial charge in [-0.15, -0.1) is 0 Å². The number of benzene rings is 2. The van der Waals surface area contributed by atoms with E-state index in [2.05, 4.69) is 65.8 Å². The predicted octanol–water partition coefficient (Wildman–Crippen LogP) is 7.29. The van der Waals surface area contributed by atoms with Crippen molar-refractivity contribution in [3.05, 3.63) is 93.4 Å². The van der Waals surface area contributed by atoms with Crippen LogP contribution >= 0.6 is 0 Å². The Labute approximate surface area is 177 Å². The molecule has 0 aliphatic carbocycles. The monoisotopic (exact) mass is 398 g/mol. The molecule has 0 N–H and O–H groups in total. The summed E-state index contributed by atoms with van der Waals surface area (Å²) in [6.07, 6.45) is 3.17. The molecule has 0 amide bonds. The fourth-order valence-electron chi connectivity index (χ4n) is 4.58. The Morgan fingerprint density at radius 1 is 0.600 bits per heavy atom. The average Bonchev–Trinajstić information content (AvgIpc) is 3.29. The van der Waals surface area contributed by atoms with E-state index in [1.54, 1.807) is 24.7 Å². The molecule has 0 bridgehead atoms. The quantitative estimate of drug-likeness (QED) is 0.339. The number of rotatable bonds is 4. The Kier molecular flexibility index (Phi) is 4.98. The summed E-state index contributed by atoms with van der Waals surface area (Å²) >= 11 is 0. The van der Waals surface area contributed by atoms with Gasteiger partial charge in [-0.2, -0.15) is 0 Å². The van der Waals surface area contributed by atoms with Crippen LogP contribution in [-0.2, 0) is 0 Å². The van der Waals surface area contributed by atoms with E-state index < -0.39 is 0 Å². The van der Waals surface area contributed by atoms with E-state index in [0.29, 0.717) is 22.6 Å². The number of carbonyl (C=O) groups is 1. The molecule has 2 heterocycles. The van der Waals surface area contributed by atoms with Gasteiger partial charge in [-0.3, -0.25) is 4.79 Å². The van der Waals surface area contributed by atoms with Crippen LogP contribution in [0.4, 0.5) is 0 Å². The smallest absolute Gasteiger partial charge is 0.200 e. The van der Waals surface area contributed by atoms with Crippen LogP contribution in [0, 0.1) is 41.5 Å². The first-order chi connectivity index (χ1) is 14.3. The highest BCUT2D eigenvalue weighted by Crippen LogP contribution is 2.37. The maximum Gasteiger partial charge on any atom is 0.200 e. The van der Waals surface area contributed by atoms with Crippen LogP contribution in [0.15, 0.2) is 57.8 Å². The van der Waals surface area contributed by atoms with Crippen LogP contribution in [0.5, 0.6) is 0 Å². The van der Waals surface area contributed by atoms with Gasteiger partial charge in [0.2, 0.25) is 5.78 Å². The van der Waals surface area contributed by atoms with Gasteiger partial charge in [0.1, 0.15) is 11.5 Å². The fraction of sp³-hybridized carbons (Fsp3) is 0.222. The second-order valence-electron chi connectivity index (χ2n) is 8.20. The lowest BCUT2D eigenvalue weighted by Gasteiger charge is -2.12. The summed E-state index contributed by atoms with van der Waals surface area (Å²) < 4.78 is 11.7. The van der Waals surface area contributed by atoms with Crippen molar-refractivity contribution in [1.29, 1.82) is 0 Å². The van der Waals surface area contributed by atoms with Gasteiger partial charge >= 0.3 is 0 Å². The van der Waals surface area contributed by atoms with Crippen molar-refractivity contribution in [1.82, 2.24) is 0 Å². The molecular weight excluding hydrogens is 372 g/mol. The maximum absolute atomic E-state index is 13.6. The maximum atomic E-state index is 13.6. The Morgan fingerprint density at radius 3 is 1.27 bits per heavy atom. The molecule has 4 rings (SSSR count). The van der Waals surface area contributed by atoms with Gasteiger partial charge in [-0.25, -0.2) is 0 Å². The van der Waals surface area contributed by atoms with Gasteiger partial charge in [-0.05, 0) is 75.9 Å². The van der Waals surface area contributed by atoms with Crippen LogP contribution in [-0.4, -0.2) is 5.78 Å². The second kappa shape index (κ2) is 7.49. The summed E-state index contributed by atoms with van der Waals surface area (Å²) in [5.41, 5.74) is 9.80. The SMILES string of the molecule is Cc1cc(C)c(-c2occc2C(=O)c2ccoc2-c2c(C)cc(C)cc2C)c(C)c1. The van der Waals surface area contributed by atoms with Crippen molar-refractivity contribution in [2.24, 2.45) is 0 Å². The largest absolute Gasteiger partial charge is 0.464 e. The van der Waals surface area contributed by atoms with Gasteiger partial charge < -0.3 is 8.83 Å². The van der Waals surface area contributed by atoms with Crippen LogP contribution in [0.1, 0.15) is 49.3 Å². The number of furan rings is 2. The van der Waals surface area contributed by atoms with Crippen molar-refractivity contribution >= 4 is 5.78 Å². The third-order valence-electron chi connectivity index (χ3n) is 5.63. The molecular formula is C27H26O3. The lowest BCUT2D eigenvalue weighted by Crippen LogP contribution is -2.04. The minimum atomic E-state index is -0.0961. The highest BCUT2D eigenvalue weighted by Gasteiger charge is 2.25. The summed E-state index contributed by atoms with van der Waals surface area (Å²) in [7, 11) is 0. The van der Waals surface area contributed by atoms with Crippen molar-refractivity contribution in [2.45, 2.75) is 41.5 Å². The zero-order valence-corrected chi connectivity index (χ0v) is 18.3. The first-order valence-electron chi connectivity index (χ1n) is 10.1.